The van der Waals surface area contributed by atoms with Gasteiger partial charge in [0.25, 0.3) is 5.91 Å². The van der Waals surface area contributed by atoms with Crippen molar-refractivity contribution in [2.45, 2.75) is 18.9 Å². The lowest BCUT2D eigenvalue weighted by Crippen LogP contribution is -2.31. The highest BCUT2D eigenvalue weighted by Gasteiger charge is 2.17. The molecule has 1 amide bonds. The van der Waals surface area contributed by atoms with E-state index in [1.165, 1.54) is 0 Å². The Hall–Kier alpha value is -1.07. The van der Waals surface area contributed by atoms with Gasteiger partial charge in [-0.25, -0.2) is 0 Å². The third kappa shape index (κ3) is 3.23. The highest BCUT2D eigenvalue weighted by molar-refractivity contribution is 9.10. The molecular formula is C13H16BrNO3. The second-order valence-electron chi connectivity index (χ2n) is 4.19. The lowest BCUT2D eigenvalue weighted by molar-refractivity contribution is 0.0857. The fourth-order valence-electron chi connectivity index (χ4n) is 1.92. The third-order valence-corrected chi connectivity index (χ3v) is 3.55. The molecule has 0 radical (unpaired) electrons. The van der Waals surface area contributed by atoms with Crippen molar-refractivity contribution in [2.24, 2.45) is 0 Å². The zero-order valence-corrected chi connectivity index (χ0v) is 11.8. The van der Waals surface area contributed by atoms with Crippen molar-refractivity contribution >= 4 is 21.8 Å². The van der Waals surface area contributed by atoms with E-state index in [1.807, 2.05) is 0 Å². The Morgan fingerprint density at radius 3 is 3.06 bits per heavy atom. The summed E-state index contributed by atoms with van der Waals surface area (Å²) in [7, 11) is 1.59. The Bertz CT molecular complexity index is 430. The summed E-state index contributed by atoms with van der Waals surface area (Å²) in [5.41, 5.74) is 0.612. The largest absolute Gasteiger partial charge is 0.496 e. The molecular weight excluding hydrogens is 298 g/mol. The number of ether oxygens (including phenoxy) is 2. The number of rotatable bonds is 4. The quantitative estimate of drug-likeness (QED) is 0.928. The lowest BCUT2D eigenvalue weighted by Gasteiger charge is -2.11. The molecule has 0 aliphatic carbocycles. The van der Waals surface area contributed by atoms with Crippen molar-refractivity contribution < 1.29 is 14.3 Å². The van der Waals surface area contributed by atoms with Crippen LogP contribution in [0.3, 0.4) is 0 Å². The Morgan fingerprint density at radius 1 is 1.61 bits per heavy atom. The van der Waals surface area contributed by atoms with Gasteiger partial charge in [0, 0.05) is 18.7 Å². The van der Waals surface area contributed by atoms with Crippen LogP contribution in [-0.2, 0) is 4.74 Å². The number of carbonyl (C=O) groups excluding carboxylic acids is 1. The molecule has 0 saturated carbocycles. The molecule has 1 fully saturated rings. The number of hydrogen-bond acceptors (Lipinski definition) is 3. The molecule has 0 bridgehead atoms. The molecule has 1 aromatic rings. The van der Waals surface area contributed by atoms with Crippen LogP contribution >= 0.6 is 15.9 Å². The molecule has 1 N–H and O–H groups in total. The van der Waals surface area contributed by atoms with Crippen LogP contribution in [-0.4, -0.2) is 32.3 Å². The number of halogens is 1. The summed E-state index contributed by atoms with van der Waals surface area (Å²) in [6.07, 6.45) is 2.26. The second kappa shape index (κ2) is 6.20. The number of nitrogens with one attached hydrogen (secondary N) is 1. The van der Waals surface area contributed by atoms with Crippen LogP contribution in [0.25, 0.3) is 0 Å². The summed E-state index contributed by atoms with van der Waals surface area (Å²) >= 11 is 3.36. The molecule has 18 heavy (non-hydrogen) atoms. The normalized spacial score (nSPS) is 18.7. The lowest BCUT2D eigenvalue weighted by atomic mass is 10.2. The van der Waals surface area contributed by atoms with Gasteiger partial charge >= 0.3 is 0 Å². The molecule has 5 heteroatoms. The standard InChI is InChI=1S/C13H16BrNO3/c1-17-12-5-4-9(7-11(12)14)13(16)15-8-10-3-2-6-18-10/h4-5,7,10H,2-3,6,8H2,1H3,(H,15,16). The third-order valence-electron chi connectivity index (χ3n) is 2.93. The van der Waals surface area contributed by atoms with Gasteiger partial charge < -0.3 is 14.8 Å². The molecule has 98 valence electrons. The van der Waals surface area contributed by atoms with Crippen molar-refractivity contribution in [1.82, 2.24) is 5.32 Å². The van der Waals surface area contributed by atoms with Gasteiger partial charge in [-0.1, -0.05) is 0 Å². The van der Waals surface area contributed by atoms with Crippen molar-refractivity contribution in [3.8, 4) is 5.75 Å². The Labute approximate surface area is 115 Å². The fraction of sp³-hybridized carbons (Fsp3) is 0.462. The number of amides is 1. The first-order valence-corrected chi connectivity index (χ1v) is 6.73. The van der Waals surface area contributed by atoms with Gasteiger partial charge in [-0.2, -0.15) is 0 Å². The van der Waals surface area contributed by atoms with Crippen molar-refractivity contribution in [3.05, 3.63) is 28.2 Å². The topological polar surface area (TPSA) is 47.6 Å². The van der Waals surface area contributed by atoms with Crippen molar-refractivity contribution in [2.75, 3.05) is 20.3 Å². The number of carbonyl (C=O) groups is 1. The number of hydrogen-bond donors (Lipinski definition) is 1. The zero-order valence-electron chi connectivity index (χ0n) is 10.2. The molecule has 1 atom stereocenters. The van der Waals surface area contributed by atoms with E-state index in [4.69, 9.17) is 9.47 Å². The van der Waals surface area contributed by atoms with Crippen molar-refractivity contribution in [1.29, 1.82) is 0 Å². The summed E-state index contributed by atoms with van der Waals surface area (Å²) in [5, 5.41) is 2.88. The minimum absolute atomic E-state index is 0.0890. The molecule has 2 rings (SSSR count). The molecule has 1 aliphatic heterocycles. The van der Waals surface area contributed by atoms with Crippen molar-refractivity contribution in [3.63, 3.8) is 0 Å². The molecule has 1 saturated heterocycles. The van der Waals surface area contributed by atoms with Crippen LogP contribution in [0.5, 0.6) is 5.75 Å². The van der Waals surface area contributed by atoms with Gasteiger partial charge in [-0.3, -0.25) is 4.79 Å². The Balaban J connectivity index is 1.93. The Kier molecular flexibility index (Phi) is 4.60. The van der Waals surface area contributed by atoms with Gasteiger partial charge in [0.2, 0.25) is 0 Å². The predicted molar refractivity (Wildman–Crippen MR) is 72.0 cm³/mol. The number of benzene rings is 1. The van der Waals surface area contributed by atoms with E-state index in [-0.39, 0.29) is 12.0 Å². The average molecular weight is 314 g/mol. The number of methoxy groups -OCH3 is 1. The van der Waals surface area contributed by atoms with Gasteiger partial charge in [0.15, 0.2) is 0 Å². The van der Waals surface area contributed by atoms with E-state index < -0.39 is 0 Å². The monoisotopic (exact) mass is 313 g/mol. The summed E-state index contributed by atoms with van der Waals surface area (Å²) in [6.45, 7) is 1.37. The summed E-state index contributed by atoms with van der Waals surface area (Å²) < 4.78 is 11.4. The molecule has 4 nitrogen and oxygen atoms in total. The van der Waals surface area contributed by atoms with E-state index in [0.717, 1.165) is 23.9 Å². The van der Waals surface area contributed by atoms with Crippen LogP contribution in [0.2, 0.25) is 0 Å². The minimum Gasteiger partial charge on any atom is -0.496 e. The van der Waals surface area contributed by atoms with E-state index in [1.54, 1.807) is 25.3 Å². The second-order valence-corrected chi connectivity index (χ2v) is 5.05. The van der Waals surface area contributed by atoms with Crippen LogP contribution in [0, 0.1) is 0 Å². The molecule has 0 aromatic heterocycles. The van der Waals surface area contributed by atoms with Crippen LogP contribution in [0.1, 0.15) is 23.2 Å². The molecule has 0 spiro atoms. The predicted octanol–water partition coefficient (Wildman–Crippen LogP) is 2.37. The summed E-state index contributed by atoms with van der Waals surface area (Å²) in [4.78, 5) is 11.9. The first kappa shape index (κ1) is 13.4. The maximum absolute atomic E-state index is 11.9. The van der Waals surface area contributed by atoms with Crippen LogP contribution < -0.4 is 10.1 Å². The SMILES string of the molecule is COc1ccc(C(=O)NCC2CCCO2)cc1Br. The molecule has 1 aliphatic rings. The van der Waals surface area contributed by atoms with Gasteiger partial charge in [0.05, 0.1) is 17.7 Å². The summed E-state index contributed by atoms with van der Waals surface area (Å²) in [5.74, 6) is 0.625. The highest BCUT2D eigenvalue weighted by Crippen LogP contribution is 2.25. The highest BCUT2D eigenvalue weighted by atomic mass is 79.9. The molecule has 1 unspecified atom stereocenters. The Morgan fingerprint density at radius 2 is 2.44 bits per heavy atom. The maximum atomic E-state index is 11.9. The van der Waals surface area contributed by atoms with Gasteiger partial charge in [-0.15, -0.1) is 0 Å². The molecule has 1 aromatic carbocycles. The van der Waals surface area contributed by atoms with E-state index >= 15 is 0 Å². The van der Waals surface area contributed by atoms with Gasteiger partial charge in [0.1, 0.15) is 5.75 Å². The summed E-state index contributed by atoms with van der Waals surface area (Å²) in [6, 6.07) is 5.27. The smallest absolute Gasteiger partial charge is 0.251 e. The molecule has 1 heterocycles. The zero-order chi connectivity index (χ0) is 13.0. The van der Waals surface area contributed by atoms with E-state index in [9.17, 15) is 4.79 Å². The van der Waals surface area contributed by atoms with Crippen LogP contribution in [0.4, 0.5) is 0 Å². The van der Waals surface area contributed by atoms with E-state index in [0.29, 0.717) is 17.9 Å². The fourth-order valence-corrected chi connectivity index (χ4v) is 2.46. The van der Waals surface area contributed by atoms with Crippen LogP contribution in [0.15, 0.2) is 22.7 Å². The first-order chi connectivity index (χ1) is 8.70. The maximum Gasteiger partial charge on any atom is 0.251 e. The van der Waals surface area contributed by atoms with Gasteiger partial charge in [-0.05, 0) is 47.0 Å². The van der Waals surface area contributed by atoms with E-state index in [2.05, 4.69) is 21.2 Å². The average Bonchev–Trinajstić information content (AvgIpc) is 2.89. The first-order valence-electron chi connectivity index (χ1n) is 5.94. The minimum atomic E-state index is -0.0890.